The summed E-state index contributed by atoms with van der Waals surface area (Å²) >= 11 is 0. The molecular formula is C19H28N4O3. The fourth-order valence-corrected chi connectivity index (χ4v) is 2.86. The number of amides is 4. The predicted octanol–water partition coefficient (Wildman–Crippen LogP) is 2.10. The molecule has 1 saturated heterocycles. The van der Waals surface area contributed by atoms with Gasteiger partial charge in [-0.3, -0.25) is 9.59 Å². The average molecular weight is 360 g/mol. The lowest BCUT2D eigenvalue weighted by atomic mass is 10.2. The van der Waals surface area contributed by atoms with Crippen LogP contribution in [-0.2, 0) is 9.59 Å². The zero-order valence-corrected chi connectivity index (χ0v) is 15.5. The topological polar surface area (TPSA) is 90.5 Å². The molecule has 0 aliphatic carbocycles. The van der Waals surface area contributed by atoms with E-state index in [0.29, 0.717) is 18.7 Å². The molecule has 7 heteroatoms. The average Bonchev–Trinajstić information content (AvgIpc) is 3.12. The van der Waals surface area contributed by atoms with E-state index in [1.807, 2.05) is 44.2 Å². The molecule has 1 heterocycles. The first-order valence-corrected chi connectivity index (χ1v) is 9.21. The van der Waals surface area contributed by atoms with Crippen molar-refractivity contribution in [3.05, 3.63) is 30.3 Å². The first-order chi connectivity index (χ1) is 12.5. The van der Waals surface area contributed by atoms with Crippen molar-refractivity contribution in [1.29, 1.82) is 0 Å². The van der Waals surface area contributed by atoms with Crippen molar-refractivity contribution in [3.8, 4) is 0 Å². The lowest BCUT2D eigenvalue weighted by Crippen LogP contribution is -2.48. The fourth-order valence-electron chi connectivity index (χ4n) is 2.86. The Morgan fingerprint density at radius 2 is 1.96 bits per heavy atom. The number of carbonyl (C=O) groups excluding carboxylic acids is 3. The Morgan fingerprint density at radius 1 is 1.23 bits per heavy atom. The molecule has 26 heavy (non-hydrogen) atoms. The number of hydrogen-bond donors (Lipinski definition) is 3. The standard InChI is InChI=1S/C19H28N4O3/c1-3-14(2)21-17(24)11-12-20-19(26)23-13-7-10-16(23)18(25)22-15-8-5-4-6-9-15/h4-6,8-9,14,16H,3,7,10-13H2,1-2H3,(H,20,26)(H,21,24)(H,22,25)/t14-,16-/m0/s1. The van der Waals surface area contributed by atoms with Crippen molar-refractivity contribution in [3.63, 3.8) is 0 Å². The summed E-state index contributed by atoms with van der Waals surface area (Å²) in [6.45, 7) is 4.74. The van der Waals surface area contributed by atoms with Crippen molar-refractivity contribution in [2.45, 2.75) is 51.6 Å². The van der Waals surface area contributed by atoms with Gasteiger partial charge in [-0.15, -0.1) is 0 Å². The Labute approximate surface area is 154 Å². The van der Waals surface area contributed by atoms with Gasteiger partial charge in [0.25, 0.3) is 0 Å². The molecule has 0 radical (unpaired) electrons. The quantitative estimate of drug-likeness (QED) is 0.695. The third-order valence-corrected chi connectivity index (χ3v) is 4.51. The Bertz CT molecular complexity index is 620. The fraction of sp³-hybridized carbons (Fsp3) is 0.526. The summed E-state index contributed by atoms with van der Waals surface area (Å²) in [5.74, 6) is -0.266. The van der Waals surface area contributed by atoms with Crippen LogP contribution in [0.15, 0.2) is 30.3 Å². The SMILES string of the molecule is CC[C@H](C)NC(=O)CCNC(=O)N1CCC[C@H]1C(=O)Nc1ccccc1. The molecule has 1 aliphatic heterocycles. The number of anilines is 1. The van der Waals surface area contributed by atoms with Crippen LogP contribution >= 0.6 is 0 Å². The molecule has 2 rings (SSSR count). The maximum atomic E-state index is 12.5. The van der Waals surface area contributed by atoms with Crippen molar-refractivity contribution < 1.29 is 14.4 Å². The number of hydrogen-bond acceptors (Lipinski definition) is 3. The largest absolute Gasteiger partial charge is 0.354 e. The van der Waals surface area contributed by atoms with Gasteiger partial charge in [-0.05, 0) is 38.3 Å². The van der Waals surface area contributed by atoms with E-state index in [2.05, 4.69) is 16.0 Å². The summed E-state index contributed by atoms with van der Waals surface area (Å²) < 4.78 is 0. The molecule has 2 atom stereocenters. The molecule has 0 unspecified atom stereocenters. The Hall–Kier alpha value is -2.57. The van der Waals surface area contributed by atoms with Gasteiger partial charge >= 0.3 is 6.03 Å². The second kappa shape index (κ2) is 9.79. The van der Waals surface area contributed by atoms with Crippen molar-refractivity contribution in [1.82, 2.24) is 15.5 Å². The number of para-hydroxylation sites is 1. The number of nitrogens with one attached hydrogen (secondary N) is 3. The van der Waals surface area contributed by atoms with E-state index in [1.54, 1.807) is 4.90 Å². The smallest absolute Gasteiger partial charge is 0.318 e. The van der Waals surface area contributed by atoms with Crippen LogP contribution in [0.3, 0.4) is 0 Å². The Balaban J connectivity index is 1.80. The summed E-state index contributed by atoms with van der Waals surface area (Å²) in [5.41, 5.74) is 0.714. The normalized spacial score (nSPS) is 17.5. The van der Waals surface area contributed by atoms with E-state index in [9.17, 15) is 14.4 Å². The summed E-state index contributed by atoms with van der Waals surface area (Å²) in [5, 5.41) is 8.45. The van der Waals surface area contributed by atoms with Gasteiger partial charge in [0.05, 0.1) is 0 Å². The first-order valence-electron chi connectivity index (χ1n) is 9.21. The molecule has 3 N–H and O–H groups in total. The van der Waals surface area contributed by atoms with Gasteiger partial charge < -0.3 is 20.9 Å². The van der Waals surface area contributed by atoms with Crippen LogP contribution in [0, 0.1) is 0 Å². The molecule has 1 aromatic carbocycles. The minimum absolute atomic E-state index is 0.0838. The Kier molecular flexibility index (Phi) is 7.44. The predicted molar refractivity (Wildman–Crippen MR) is 101 cm³/mol. The number of carbonyl (C=O) groups is 3. The van der Waals surface area contributed by atoms with Crippen LogP contribution in [0.4, 0.5) is 10.5 Å². The number of likely N-dealkylation sites (tertiary alicyclic amines) is 1. The van der Waals surface area contributed by atoms with Crippen LogP contribution in [0.1, 0.15) is 39.5 Å². The molecule has 142 valence electrons. The van der Waals surface area contributed by atoms with E-state index < -0.39 is 6.04 Å². The van der Waals surface area contributed by atoms with Gasteiger partial charge in [0.15, 0.2) is 0 Å². The lowest BCUT2D eigenvalue weighted by Gasteiger charge is -2.24. The van der Waals surface area contributed by atoms with Gasteiger partial charge in [-0.25, -0.2) is 4.79 Å². The summed E-state index contributed by atoms with van der Waals surface area (Å²) in [6, 6.07) is 8.54. The molecule has 1 aliphatic rings. The first kappa shape index (κ1) is 19.8. The highest BCUT2D eigenvalue weighted by molar-refractivity contribution is 5.97. The molecular weight excluding hydrogens is 332 g/mol. The highest BCUT2D eigenvalue weighted by Gasteiger charge is 2.34. The maximum absolute atomic E-state index is 12.5. The van der Waals surface area contributed by atoms with Crippen LogP contribution in [0.5, 0.6) is 0 Å². The zero-order valence-electron chi connectivity index (χ0n) is 15.5. The molecule has 1 aromatic rings. The van der Waals surface area contributed by atoms with Gasteiger partial charge in [0.2, 0.25) is 11.8 Å². The maximum Gasteiger partial charge on any atom is 0.318 e. The van der Waals surface area contributed by atoms with Crippen LogP contribution in [0.2, 0.25) is 0 Å². The minimum atomic E-state index is -0.482. The Morgan fingerprint density at radius 3 is 2.65 bits per heavy atom. The number of nitrogens with zero attached hydrogens (tertiary/aromatic N) is 1. The second-order valence-corrected chi connectivity index (χ2v) is 6.57. The van der Waals surface area contributed by atoms with E-state index in [4.69, 9.17) is 0 Å². The van der Waals surface area contributed by atoms with Crippen LogP contribution in [0.25, 0.3) is 0 Å². The van der Waals surface area contributed by atoms with Gasteiger partial charge in [-0.2, -0.15) is 0 Å². The molecule has 4 amide bonds. The van der Waals surface area contributed by atoms with Crippen molar-refractivity contribution in [2.75, 3.05) is 18.4 Å². The van der Waals surface area contributed by atoms with E-state index >= 15 is 0 Å². The lowest BCUT2D eigenvalue weighted by molar-refractivity contribution is -0.122. The molecule has 1 fully saturated rings. The summed E-state index contributed by atoms with van der Waals surface area (Å²) in [6.07, 6.45) is 2.52. The van der Waals surface area contributed by atoms with E-state index in [1.165, 1.54) is 0 Å². The zero-order chi connectivity index (χ0) is 18.9. The number of rotatable bonds is 7. The van der Waals surface area contributed by atoms with Crippen LogP contribution in [-0.4, -0.2) is 47.9 Å². The monoisotopic (exact) mass is 360 g/mol. The summed E-state index contributed by atoms with van der Waals surface area (Å²) in [7, 11) is 0. The van der Waals surface area contributed by atoms with Gasteiger partial charge in [0, 0.05) is 31.2 Å². The van der Waals surface area contributed by atoms with Gasteiger partial charge in [-0.1, -0.05) is 25.1 Å². The molecule has 0 aromatic heterocycles. The van der Waals surface area contributed by atoms with E-state index in [-0.39, 0.29) is 36.9 Å². The number of urea groups is 1. The van der Waals surface area contributed by atoms with Crippen molar-refractivity contribution >= 4 is 23.5 Å². The third-order valence-electron chi connectivity index (χ3n) is 4.51. The van der Waals surface area contributed by atoms with E-state index in [0.717, 1.165) is 12.8 Å². The molecule has 0 spiro atoms. The van der Waals surface area contributed by atoms with Gasteiger partial charge in [0.1, 0.15) is 6.04 Å². The third kappa shape index (κ3) is 5.75. The highest BCUT2D eigenvalue weighted by Crippen LogP contribution is 2.19. The molecule has 7 nitrogen and oxygen atoms in total. The number of benzene rings is 1. The summed E-state index contributed by atoms with van der Waals surface area (Å²) in [4.78, 5) is 38.1. The molecule has 0 bridgehead atoms. The molecule has 0 saturated carbocycles. The second-order valence-electron chi connectivity index (χ2n) is 6.57. The van der Waals surface area contributed by atoms with Crippen molar-refractivity contribution in [2.24, 2.45) is 0 Å². The highest BCUT2D eigenvalue weighted by atomic mass is 16.2. The minimum Gasteiger partial charge on any atom is -0.354 e. The van der Waals surface area contributed by atoms with Crippen LogP contribution < -0.4 is 16.0 Å².